The van der Waals surface area contributed by atoms with E-state index < -0.39 is 17.6 Å². The van der Waals surface area contributed by atoms with Crippen LogP contribution in [0.15, 0.2) is 24.3 Å². The van der Waals surface area contributed by atoms with Crippen molar-refractivity contribution in [1.29, 1.82) is 0 Å². The van der Waals surface area contributed by atoms with Crippen molar-refractivity contribution in [2.75, 3.05) is 24.5 Å². The molecule has 8 heteroatoms. The number of carbonyl (C=O) groups is 3. The summed E-state index contributed by atoms with van der Waals surface area (Å²) >= 11 is 5.86. The first-order valence-corrected chi connectivity index (χ1v) is 8.84. The summed E-state index contributed by atoms with van der Waals surface area (Å²) in [4.78, 5) is 37.5. The molecule has 0 aliphatic carbocycles. The number of nitrogens with zero attached hydrogens (tertiary/aromatic N) is 1. The number of hydrogen-bond donors (Lipinski definition) is 2. The van der Waals surface area contributed by atoms with Crippen molar-refractivity contribution in [2.24, 2.45) is 5.92 Å². The second-order valence-corrected chi connectivity index (χ2v) is 7.54. The number of hydrogen-bond acceptors (Lipinski definition) is 4. The van der Waals surface area contributed by atoms with Gasteiger partial charge in [0.05, 0.1) is 5.92 Å². The first kappa shape index (κ1) is 20.0. The summed E-state index contributed by atoms with van der Waals surface area (Å²) in [6.07, 6.45) is -0.370. The Balaban J connectivity index is 1.76. The van der Waals surface area contributed by atoms with Crippen molar-refractivity contribution in [3.05, 3.63) is 29.3 Å². The minimum Gasteiger partial charge on any atom is -0.444 e. The van der Waals surface area contributed by atoms with Crippen LogP contribution in [0.1, 0.15) is 27.2 Å². The van der Waals surface area contributed by atoms with Crippen molar-refractivity contribution in [2.45, 2.75) is 32.8 Å². The van der Waals surface area contributed by atoms with Crippen LogP contribution in [-0.4, -0.2) is 43.1 Å². The van der Waals surface area contributed by atoms with Gasteiger partial charge < -0.3 is 20.3 Å². The Bertz CT molecular complexity index is 670. The number of nitrogens with one attached hydrogen (secondary N) is 2. The van der Waals surface area contributed by atoms with E-state index in [1.54, 1.807) is 49.9 Å². The standard InChI is InChI=1S/C18H24ClN3O4/c1-18(2,3)26-17(25)21-9-8-20-16(24)12-10-15(23)22(11-12)14-6-4-13(19)5-7-14/h4-7,12H,8-11H2,1-3H3,(H,20,24)(H,21,25)/t12-/m1/s1. The zero-order valence-corrected chi connectivity index (χ0v) is 15.9. The molecule has 0 bridgehead atoms. The van der Waals surface area contributed by atoms with Crippen molar-refractivity contribution in [1.82, 2.24) is 10.6 Å². The molecule has 1 aromatic rings. The van der Waals surface area contributed by atoms with Gasteiger partial charge in [0.2, 0.25) is 11.8 Å². The molecule has 1 aliphatic heterocycles. The van der Waals surface area contributed by atoms with E-state index in [2.05, 4.69) is 10.6 Å². The summed E-state index contributed by atoms with van der Waals surface area (Å²) in [5.41, 5.74) is 0.157. The van der Waals surface area contributed by atoms with E-state index in [9.17, 15) is 14.4 Å². The minimum atomic E-state index is -0.567. The van der Waals surface area contributed by atoms with Crippen molar-refractivity contribution >= 4 is 35.2 Å². The van der Waals surface area contributed by atoms with Gasteiger partial charge in [-0.3, -0.25) is 9.59 Å². The Hall–Kier alpha value is -2.28. The van der Waals surface area contributed by atoms with Crippen LogP contribution in [0.3, 0.4) is 0 Å². The Kier molecular flexibility index (Phi) is 6.47. The maximum absolute atomic E-state index is 12.2. The lowest BCUT2D eigenvalue weighted by Gasteiger charge is -2.20. The lowest BCUT2D eigenvalue weighted by atomic mass is 10.1. The van der Waals surface area contributed by atoms with E-state index in [1.807, 2.05) is 0 Å². The summed E-state index contributed by atoms with van der Waals surface area (Å²) in [6, 6.07) is 6.93. The highest BCUT2D eigenvalue weighted by Gasteiger charge is 2.34. The molecule has 1 fully saturated rings. The first-order valence-electron chi connectivity index (χ1n) is 8.46. The Labute approximate surface area is 158 Å². The zero-order valence-electron chi connectivity index (χ0n) is 15.2. The molecular formula is C18H24ClN3O4. The third-order valence-electron chi connectivity index (χ3n) is 3.73. The molecule has 3 amide bonds. The number of rotatable bonds is 5. The number of amides is 3. The highest BCUT2D eigenvalue weighted by molar-refractivity contribution is 6.30. The predicted molar refractivity (Wildman–Crippen MR) is 99.2 cm³/mol. The van der Waals surface area contributed by atoms with Gasteiger partial charge in [-0.25, -0.2) is 4.79 Å². The highest BCUT2D eigenvalue weighted by Crippen LogP contribution is 2.26. The largest absolute Gasteiger partial charge is 0.444 e. The molecule has 2 rings (SSSR count). The smallest absolute Gasteiger partial charge is 0.407 e. The third kappa shape index (κ3) is 5.91. The predicted octanol–water partition coefficient (Wildman–Crippen LogP) is 2.33. The molecule has 1 atom stereocenters. The van der Waals surface area contributed by atoms with Crippen LogP contribution in [0.5, 0.6) is 0 Å². The molecule has 0 unspecified atom stereocenters. The number of ether oxygens (including phenoxy) is 1. The van der Waals surface area contributed by atoms with Crippen molar-refractivity contribution < 1.29 is 19.1 Å². The van der Waals surface area contributed by atoms with Gasteiger partial charge in [0.15, 0.2) is 0 Å². The average Bonchev–Trinajstić information content (AvgIpc) is 2.92. The van der Waals surface area contributed by atoms with Crippen molar-refractivity contribution in [3.63, 3.8) is 0 Å². The van der Waals surface area contributed by atoms with Gasteiger partial charge >= 0.3 is 6.09 Å². The summed E-state index contributed by atoms with van der Waals surface area (Å²) < 4.78 is 5.11. The summed E-state index contributed by atoms with van der Waals surface area (Å²) in [6.45, 7) is 6.17. The van der Waals surface area contributed by atoms with E-state index in [1.165, 1.54) is 0 Å². The molecule has 26 heavy (non-hydrogen) atoms. The Morgan fingerprint density at radius 2 is 1.81 bits per heavy atom. The van der Waals surface area contributed by atoms with Gasteiger partial charge in [-0.1, -0.05) is 11.6 Å². The highest BCUT2D eigenvalue weighted by atomic mass is 35.5. The fourth-order valence-corrected chi connectivity index (χ4v) is 2.69. The molecule has 7 nitrogen and oxygen atoms in total. The number of benzene rings is 1. The second-order valence-electron chi connectivity index (χ2n) is 7.10. The van der Waals surface area contributed by atoms with E-state index >= 15 is 0 Å². The monoisotopic (exact) mass is 381 g/mol. The van der Waals surface area contributed by atoms with E-state index in [0.717, 1.165) is 5.69 Å². The van der Waals surface area contributed by atoms with Gasteiger partial charge in [-0.15, -0.1) is 0 Å². The molecular weight excluding hydrogens is 358 g/mol. The molecule has 0 radical (unpaired) electrons. The molecule has 1 saturated heterocycles. The van der Waals surface area contributed by atoms with E-state index in [-0.39, 0.29) is 31.3 Å². The summed E-state index contributed by atoms with van der Waals surface area (Å²) in [7, 11) is 0. The molecule has 1 aromatic carbocycles. The Morgan fingerprint density at radius 3 is 2.42 bits per heavy atom. The van der Waals surface area contributed by atoms with Crippen LogP contribution >= 0.6 is 11.6 Å². The normalized spacial score (nSPS) is 17.2. The number of halogens is 1. The van der Waals surface area contributed by atoms with Gasteiger partial charge in [-0.2, -0.15) is 0 Å². The molecule has 0 saturated carbocycles. The zero-order chi connectivity index (χ0) is 19.3. The van der Waals surface area contributed by atoms with Gasteiger partial charge in [0.1, 0.15) is 5.60 Å². The van der Waals surface area contributed by atoms with Crippen LogP contribution in [0.2, 0.25) is 5.02 Å². The minimum absolute atomic E-state index is 0.0978. The molecule has 1 heterocycles. The summed E-state index contributed by atoms with van der Waals surface area (Å²) in [5.74, 6) is -0.722. The molecule has 2 N–H and O–H groups in total. The van der Waals surface area contributed by atoms with Gasteiger partial charge in [-0.05, 0) is 45.0 Å². The average molecular weight is 382 g/mol. The number of carbonyl (C=O) groups excluding carboxylic acids is 3. The molecule has 142 valence electrons. The SMILES string of the molecule is CC(C)(C)OC(=O)NCCNC(=O)[C@@H]1CC(=O)N(c2ccc(Cl)cc2)C1. The molecule has 1 aliphatic rings. The maximum Gasteiger partial charge on any atom is 0.407 e. The fourth-order valence-electron chi connectivity index (χ4n) is 2.56. The van der Waals surface area contributed by atoms with Gasteiger partial charge in [0.25, 0.3) is 0 Å². The van der Waals surface area contributed by atoms with E-state index in [4.69, 9.17) is 16.3 Å². The topological polar surface area (TPSA) is 87.7 Å². The lowest BCUT2D eigenvalue weighted by molar-refractivity contribution is -0.126. The second kappa shape index (κ2) is 8.40. The summed E-state index contributed by atoms with van der Waals surface area (Å²) in [5, 5.41) is 5.89. The van der Waals surface area contributed by atoms with Crippen molar-refractivity contribution in [3.8, 4) is 0 Å². The number of anilines is 1. The van der Waals surface area contributed by atoms with Crippen LogP contribution in [-0.2, 0) is 14.3 Å². The maximum atomic E-state index is 12.2. The third-order valence-corrected chi connectivity index (χ3v) is 3.98. The molecule has 0 aromatic heterocycles. The van der Waals surface area contributed by atoms with Crippen LogP contribution < -0.4 is 15.5 Å². The fraction of sp³-hybridized carbons (Fsp3) is 0.500. The Morgan fingerprint density at radius 1 is 1.19 bits per heavy atom. The van der Waals surface area contributed by atoms with Crippen LogP contribution in [0.25, 0.3) is 0 Å². The molecule has 0 spiro atoms. The number of alkyl carbamates (subject to hydrolysis) is 1. The van der Waals surface area contributed by atoms with Crippen LogP contribution in [0.4, 0.5) is 10.5 Å². The van der Waals surface area contributed by atoms with Crippen LogP contribution in [0, 0.1) is 5.92 Å². The van der Waals surface area contributed by atoms with Gasteiger partial charge in [0, 0.05) is 36.8 Å². The van der Waals surface area contributed by atoms with E-state index in [0.29, 0.717) is 11.6 Å². The lowest BCUT2D eigenvalue weighted by Crippen LogP contribution is -2.40. The quantitative estimate of drug-likeness (QED) is 0.766. The first-order chi connectivity index (χ1) is 12.2.